The minimum Gasteiger partial charge on any atom is -0.460 e. The molecule has 2 rings (SSSR count). The second kappa shape index (κ2) is 8.21. The number of ether oxygens (including phenoxy) is 1. The quantitative estimate of drug-likeness (QED) is 0.761. The van der Waals surface area contributed by atoms with Gasteiger partial charge in [0.05, 0.1) is 15.9 Å². The normalized spacial score (nSPS) is 11.7. The van der Waals surface area contributed by atoms with Crippen molar-refractivity contribution in [1.82, 2.24) is 9.88 Å². The first kappa shape index (κ1) is 19.8. The fraction of sp³-hybridized carbons (Fsp3) is 0.444. The summed E-state index contributed by atoms with van der Waals surface area (Å²) in [4.78, 5) is 29.6. The number of nitrogens with one attached hydrogen (secondary N) is 1. The van der Waals surface area contributed by atoms with E-state index in [0.717, 1.165) is 0 Å². The standard InChI is InChI=1S/C18H22Cl2N2O3/c1-10(2)22(11(3)4)5-6-25-18(24)15-9-16(23)17-13(20)7-12(19)8-14(17)21-15/h7-11H,5-6H2,1-4H3,(H,21,23). The Bertz CT molecular complexity index is 823. The van der Waals surface area contributed by atoms with E-state index in [-0.39, 0.29) is 22.8 Å². The van der Waals surface area contributed by atoms with Crippen molar-refractivity contribution < 1.29 is 9.53 Å². The SMILES string of the molecule is CC(C)N(CCOC(=O)c1cc(=O)c2c(Cl)cc(Cl)cc2[nH]1)C(C)C. The number of halogens is 2. The Balaban J connectivity index is 2.16. The van der Waals surface area contributed by atoms with Crippen LogP contribution in [0.25, 0.3) is 10.9 Å². The highest BCUT2D eigenvalue weighted by molar-refractivity contribution is 6.38. The van der Waals surface area contributed by atoms with Gasteiger partial charge in [-0.2, -0.15) is 0 Å². The van der Waals surface area contributed by atoms with E-state index in [9.17, 15) is 9.59 Å². The van der Waals surface area contributed by atoms with Gasteiger partial charge in [-0.25, -0.2) is 4.79 Å². The zero-order valence-electron chi connectivity index (χ0n) is 14.7. The number of aromatic nitrogens is 1. The Morgan fingerprint density at radius 1 is 1.16 bits per heavy atom. The predicted molar refractivity (Wildman–Crippen MR) is 102 cm³/mol. The van der Waals surface area contributed by atoms with Gasteiger partial charge in [0, 0.05) is 29.7 Å². The molecule has 1 aromatic carbocycles. The highest BCUT2D eigenvalue weighted by Gasteiger charge is 2.16. The van der Waals surface area contributed by atoms with E-state index in [4.69, 9.17) is 27.9 Å². The third-order valence-electron chi connectivity index (χ3n) is 3.98. The topological polar surface area (TPSA) is 62.4 Å². The average Bonchev–Trinajstić information content (AvgIpc) is 2.49. The van der Waals surface area contributed by atoms with Crippen LogP contribution < -0.4 is 5.43 Å². The van der Waals surface area contributed by atoms with Crippen molar-refractivity contribution in [1.29, 1.82) is 0 Å². The first-order valence-electron chi connectivity index (χ1n) is 8.15. The fourth-order valence-corrected chi connectivity index (χ4v) is 3.44. The van der Waals surface area contributed by atoms with Gasteiger partial charge in [0.25, 0.3) is 0 Å². The van der Waals surface area contributed by atoms with Gasteiger partial charge >= 0.3 is 5.97 Å². The Kier molecular flexibility index (Phi) is 6.49. The maximum atomic E-state index is 12.3. The molecule has 136 valence electrons. The highest BCUT2D eigenvalue weighted by Crippen LogP contribution is 2.24. The molecule has 7 heteroatoms. The first-order chi connectivity index (χ1) is 11.7. The molecule has 0 bridgehead atoms. The molecule has 0 aliphatic heterocycles. The van der Waals surface area contributed by atoms with E-state index in [2.05, 4.69) is 37.6 Å². The molecule has 0 atom stereocenters. The summed E-state index contributed by atoms with van der Waals surface area (Å²) in [5.74, 6) is -0.581. The zero-order valence-corrected chi connectivity index (χ0v) is 16.2. The van der Waals surface area contributed by atoms with E-state index in [1.54, 1.807) is 6.07 Å². The molecule has 25 heavy (non-hydrogen) atoms. The molecule has 0 saturated carbocycles. The summed E-state index contributed by atoms with van der Waals surface area (Å²) in [7, 11) is 0. The molecule has 0 unspecified atom stereocenters. The number of fused-ring (bicyclic) bond motifs is 1. The van der Waals surface area contributed by atoms with Gasteiger partial charge in [-0.15, -0.1) is 0 Å². The third kappa shape index (κ3) is 4.75. The zero-order chi connectivity index (χ0) is 18.7. The lowest BCUT2D eigenvalue weighted by atomic mass is 10.2. The van der Waals surface area contributed by atoms with Crippen molar-refractivity contribution in [3.8, 4) is 0 Å². The van der Waals surface area contributed by atoms with Gasteiger partial charge in [0.2, 0.25) is 0 Å². The molecule has 0 aliphatic rings. The molecule has 1 aromatic heterocycles. The number of pyridine rings is 1. The number of rotatable bonds is 6. The van der Waals surface area contributed by atoms with Crippen LogP contribution in [0, 0.1) is 0 Å². The van der Waals surface area contributed by atoms with Gasteiger partial charge in [-0.05, 0) is 39.8 Å². The fourth-order valence-electron chi connectivity index (χ4n) is 2.85. The summed E-state index contributed by atoms with van der Waals surface area (Å²) in [6.45, 7) is 9.24. The average molecular weight is 385 g/mol. The molecule has 0 aliphatic carbocycles. The Morgan fingerprint density at radius 3 is 2.40 bits per heavy atom. The number of hydrogen-bond acceptors (Lipinski definition) is 4. The maximum Gasteiger partial charge on any atom is 0.354 e. The Morgan fingerprint density at radius 2 is 1.80 bits per heavy atom. The van der Waals surface area contributed by atoms with Crippen LogP contribution in [0.4, 0.5) is 0 Å². The molecule has 2 aromatic rings. The third-order valence-corrected chi connectivity index (χ3v) is 4.49. The molecule has 1 heterocycles. The Hall–Kier alpha value is -1.56. The number of carbonyl (C=O) groups excluding carboxylic acids is 1. The van der Waals surface area contributed by atoms with Crippen LogP contribution in [0.2, 0.25) is 10.0 Å². The summed E-state index contributed by atoms with van der Waals surface area (Å²) >= 11 is 12.0. The summed E-state index contributed by atoms with van der Waals surface area (Å²) in [5, 5.41) is 0.921. The van der Waals surface area contributed by atoms with E-state index in [1.165, 1.54) is 12.1 Å². The number of aromatic amines is 1. The van der Waals surface area contributed by atoms with Crippen molar-refractivity contribution >= 4 is 40.1 Å². The lowest BCUT2D eigenvalue weighted by Crippen LogP contribution is -2.39. The summed E-state index contributed by atoms with van der Waals surface area (Å²) < 4.78 is 5.31. The number of benzene rings is 1. The smallest absolute Gasteiger partial charge is 0.354 e. The number of hydrogen-bond donors (Lipinski definition) is 1. The van der Waals surface area contributed by atoms with Gasteiger partial charge in [-0.3, -0.25) is 9.69 Å². The lowest BCUT2D eigenvalue weighted by molar-refractivity contribution is 0.0411. The van der Waals surface area contributed by atoms with Crippen LogP contribution in [0.1, 0.15) is 38.2 Å². The minimum atomic E-state index is -0.581. The van der Waals surface area contributed by atoms with Crippen LogP contribution >= 0.6 is 23.2 Å². The molecule has 1 N–H and O–H groups in total. The molecular weight excluding hydrogens is 363 g/mol. The molecule has 0 radical (unpaired) electrons. The Labute approximate surface area is 156 Å². The largest absolute Gasteiger partial charge is 0.460 e. The van der Waals surface area contributed by atoms with Crippen LogP contribution in [-0.4, -0.2) is 41.1 Å². The second-order valence-corrected chi connectivity index (χ2v) is 7.26. The van der Waals surface area contributed by atoms with Crippen LogP contribution in [0.15, 0.2) is 23.0 Å². The highest BCUT2D eigenvalue weighted by atomic mass is 35.5. The molecule has 0 saturated heterocycles. The van der Waals surface area contributed by atoms with Crippen molar-refractivity contribution in [2.45, 2.75) is 39.8 Å². The van der Waals surface area contributed by atoms with E-state index >= 15 is 0 Å². The van der Waals surface area contributed by atoms with Crippen molar-refractivity contribution in [3.63, 3.8) is 0 Å². The number of H-pyrrole nitrogens is 1. The second-order valence-electron chi connectivity index (χ2n) is 6.42. The first-order valence-corrected chi connectivity index (χ1v) is 8.91. The monoisotopic (exact) mass is 384 g/mol. The summed E-state index contributed by atoms with van der Waals surface area (Å²) in [6, 6.07) is 4.95. The number of carbonyl (C=O) groups is 1. The van der Waals surface area contributed by atoms with Gasteiger partial charge < -0.3 is 9.72 Å². The maximum absolute atomic E-state index is 12.3. The molecule has 5 nitrogen and oxygen atoms in total. The number of esters is 1. The van der Waals surface area contributed by atoms with E-state index < -0.39 is 5.97 Å². The van der Waals surface area contributed by atoms with Crippen LogP contribution in [0.5, 0.6) is 0 Å². The summed E-state index contributed by atoms with van der Waals surface area (Å²) in [6.07, 6.45) is 0. The number of nitrogens with zero attached hydrogens (tertiary/aromatic N) is 1. The van der Waals surface area contributed by atoms with Crippen LogP contribution in [0.3, 0.4) is 0 Å². The van der Waals surface area contributed by atoms with Gasteiger partial charge in [0.1, 0.15) is 12.3 Å². The van der Waals surface area contributed by atoms with Gasteiger partial charge in [-0.1, -0.05) is 23.2 Å². The molecule has 0 fully saturated rings. The molecule has 0 amide bonds. The molecule has 0 spiro atoms. The van der Waals surface area contributed by atoms with Gasteiger partial charge in [0.15, 0.2) is 5.43 Å². The van der Waals surface area contributed by atoms with Crippen molar-refractivity contribution in [3.05, 3.63) is 44.2 Å². The van der Waals surface area contributed by atoms with Crippen LogP contribution in [-0.2, 0) is 4.74 Å². The van der Waals surface area contributed by atoms with E-state index in [1.807, 2.05) is 0 Å². The summed E-state index contributed by atoms with van der Waals surface area (Å²) in [5.41, 5.74) is 0.132. The van der Waals surface area contributed by atoms with Crippen molar-refractivity contribution in [2.24, 2.45) is 0 Å². The lowest BCUT2D eigenvalue weighted by Gasteiger charge is -2.30. The van der Waals surface area contributed by atoms with Crippen molar-refractivity contribution in [2.75, 3.05) is 13.2 Å². The minimum absolute atomic E-state index is 0.0801. The van der Waals surface area contributed by atoms with E-state index in [0.29, 0.717) is 34.6 Å². The molecular formula is C18H22Cl2N2O3. The predicted octanol–water partition coefficient (Wildman–Crippen LogP) is 4.11.